The molecule has 1 N–H and O–H groups in total. The number of halogens is 1. The Bertz CT molecular complexity index is 293. The van der Waals surface area contributed by atoms with E-state index in [2.05, 4.69) is 47.5 Å². The summed E-state index contributed by atoms with van der Waals surface area (Å²) in [4.78, 5) is 0. The summed E-state index contributed by atoms with van der Waals surface area (Å²) in [5.74, 6) is 0.687. The molecular formula is C7H9IN3NaO3S. The molecule has 0 aliphatic carbocycles. The van der Waals surface area contributed by atoms with Gasteiger partial charge in [-0.1, -0.05) is 22.6 Å². The first-order valence-corrected chi connectivity index (χ1v) is 6.32. The molecule has 1 aromatic rings. The second kappa shape index (κ2) is 9.83. The zero-order chi connectivity index (χ0) is 11.1. The van der Waals surface area contributed by atoms with Crippen molar-refractivity contribution in [3.05, 3.63) is 12.1 Å². The number of rotatable bonds is 6. The van der Waals surface area contributed by atoms with Gasteiger partial charge in [-0.15, -0.1) is 10.2 Å². The van der Waals surface area contributed by atoms with E-state index in [1.807, 2.05) is 6.92 Å². The van der Waals surface area contributed by atoms with Crippen LogP contribution in [-0.4, -0.2) is 20.7 Å². The molecule has 0 aliphatic rings. The summed E-state index contributed by atoms with van der Waals surface area (Å²) in [6.45, 7) is 2.05. The summed E-state index contributed by atoms with van der Waals surface area (Å²) < 4.78 is 5.07. The van der Waals surface area contributed by atoms with Crippen molar-refractivity contribution in [1.29, 1.82) is 0 Å². The number of hydrogen-bond donors (Lipinski definition) is 1. The van der Waals surface area contributed by atoms with Crippen LogP contribution in [0.1, 0.15) is 6.92 Å². The van der Waals surface area contributed by atoms with Gasteiger partial charge >= 0.3 is 29.6 Å². The van der Waals surface area contributed by atoms with Crippen molar-refractivity contribution < 1.29 is 44.2 Å². The topological polar surface area (TPSA) is 79.3 Å². The molecule has 0 radical (unpaired) electrons. The number of alkyl halides is 1. The molecule has 0 amide bonds. The second-order valence-electron chi connectivity index (χ2n) is 2.68. The Morgan fingerprint density at radius 3 is 2.81 bits per heavy atom. The molecule has 6 nitrogen and oxygen atoms in total. The fourth-order valence-electron chi connectivity index (χ4n) is 0.781. The summed E-state index contributed by atoms with van der Waals surface area (Å²) >= 11 is 3.00. The summed E-state index contributed by atoms with van der Waals surface area (Å²) in [5.41, 5.74) is 0. The first-order chi connectivity index (χ1) is 7.26. The molecule has 9 heteroatoms. The number of anilines is 1. The van der Waals surface area contributed by atoms with Gasteiger partial charge in [-0.3, -0.25) is 5.04 Å². The van der Waals surface area contributed by atoms with Crippen molar-refractivity contribution >= 4 is 40.5 Å². The van der Waals surface area contributed by atoms with Crippen molar-refractivity contribution in [3.63, 3.8) is 0 Å². The van der Waals surface area contributed by atoms with Crippen molar-refractivity contribution in [2.75, 3.05) is 9.74 Å². The van der Waals surface area contributed by atoms with E-state index in [0.29, 0.717) is 28.9 Å². The van der Waals surface area contributed by atoms with Gasteiger partial charge in [0.15, 0.2) is 0 Å². The Labute approximate surface area is 133 Å². The minimum absolute atomic E-state index is 0. The number of aromatic nitrogens is 2. The Balaban J connectivity index is 0.00000225. The van der Waals surface area contributed by atoms with Gasteiger partial charge in [0.2, 0.25) is 0 Å². The van der Waals surface area contributed by atoms with Gasteiger partial charge in [0.05, 0.1) is 12.0 Å². The zero-order valence-electron chi connectivity index (χ0n) is 8.84. The fraction of sp³-hybridized carbons (Fsp3) is 0.429. The minimum Gasteiger partial charge on any atom is -0.691 e. The molecule has 0 saturated carbocycles. The second-order valence-corrected chi connectivity index (χ2v) is 4.28. The van der Waals surface area contributed by atoms with Crippen LogP contribution in [0.4, 0.5) is 5.82 Å². The van der Waals surface area contributed by atoms with Crippen LogP contribution in [-0.2, 0) is 9.37 Å². The molecule has 1 aromatic heterocycles. The van der Waals surface area contributed by atoms with Crippen LogP contribution in [0.5, 0.6) is 0 Å². The Hall–Kier alpha value is 0.840. The van der Waals surface area contributed by atoms with E-state index in [0.717, 1.165) is 4.43 Å². The van der Waals surface area contributed by atoms with E-state index < -0.39 is 0 Å². The van der Waals surface area contributed by atoms with E-state index in [1.165, 1.54) is 0 Å². The smallest absolute Gasteiger partial charge is 0.691 e. The maximum absolute atomic E-state index is 9.55. The van der Waals surface area contributed by atoms with Gasteiger partial charge in [-0.2, -0.15) is 4.33 Å². The Kier molecular flexibility index (Phi) is 10.3. The number of nitrogens with one attached hydrogen (secondary N) is 1. The van der Waals surface area contributed by atoms with E-state index in [9.17, 15) is 5.26 Å². The monoisotopic (exact) mass is 365 g/mol. The largest absolute Gasteiger partial charge is 1.00 e. The van der Waals surface area contributed by atoms with Crippen molar-refractivity contribution in [2.24, 2.45) is 0 Å². The Morgan fingerprint density at radius 2 is 2.31 bits per heavy atom. The molecule has 16 heavy (non-hydrogen) atoms. The van der Waals surface area contributed by atoms with Gasteiger partial charge in [0.25, 0.3) is 0 Å². The third-order valence-corrected chi connectivity index (χ3v) is 3.25. The normalized spacial score (nSPS) is 11.7. The first-order valence-electron chi connectivity index (χ1n) is 4.05. The predicted molar refractivity (Wildman–Crippen MR) is 62.0 cm³/mol. The van der Waals surface area contributed by atoms with E-state index in [-0.39, 0.29) is 29.6 Å². The molecule has 1 rings (SSSR count). The molecule has 1 unspecified atom stereocenters. The van der Waals surface area contributed by atoms with Gasteiger partial charge in [0.1, 0.15) is 10.8 Å². The fourth-order valence-corrected chi connectivity index (χ4v) is 1.30. The molecule has 0 fully saturated rings. The van der Waals surface area contributed by atoms with E-state index in [1.54, 1.807) is 12.1 Å². The summed E-state index contributed by atoms with van der Waals surface area (Å²) in [7, 11) is 0. The molecule has 1 heterocycles. The summed E-state index contributed by atoms with van der Waals surface area (Å²) in [6.07, 6.45) is 0. The number of hydrogen-bond acceptors (Lipinski definition) is 7. The van der Waals surface area contributed by atoms with Crippen LogP contribution in [0.3, 0.4) is 0 Å². The maximum atomic E-state index is 9.55. The average Bonchev–Trinajstić information content (AvgIpc) is 2.28. The maximum Gasteiger partial charge on any atom is 1.00 e. The van der Waals surface area contributed by atoms with Crippen LogP contribution in [0.2, 0.25) is 0 Å². The van der Waals surface area contributed by atoms with Crippen LogP contribution >= 0.6 is 34.6 Å². The van der Waals surface area contributed by atoms with Crippen LogP contribution in [0, 0.1) is 0 Å². The Morgan fingerprint density at radius 1 is 1.56 bits per heavy atom. The molecular weight excluding hydrogens is 356 g/mol. The molecule has 0 aromatic carbocycles. The van der Waals surface area contributed by atoms with Gasteiger partial charge in [0, 0.05) is 10.5 Å². The molecule has 1 atom stereocenters. The van der Waals surface area contributed by atoms with Gasteiger partial charge in [-0.05, 0) is 19.1 Å². The average molecular weight is 365 g/mol. The van der Waals surface area contributed by atoms with Crippen LogP contribution < -0.4 is 40.1 Å². The van der Waals surface area contributed by atoms with Crippen molar-refractivity contribution in [3.8, 4) is 0 Å². The van der Waals surface area contributed by atoms with Crippen molar-refractivity contribution in [1.82, 2.24) is 10.2 Å². The van der Waals surface area contributed by atoms with Gasteiger partial charge < -0.3 is 10.6 Å². The van der Waals surface area contributed by atoms with Crippen LogP contribution in [0.25, 0.3) is 0 Å². The summed E-state index contributed by atoms with van der Waals surface area (Å²) in [6, 6.07) is 3.77. The molecule has 0 aliphatic heterocycles. The van der Waals surface area contributed by atoms with E-state index >= 15 is 0 Å². The first kappa shape index (κ1) is 16.8. The third-order valence-electron chi connectivity index (χ3n) is 1.41. The minimum atomic E-state index is 0. The molecule has 84 valence electrons. The third kappa shape index (κ3) is 6.55. The molecule has 0 bridgehead atoms. The quantitative estimate of drug-likeness (QED) is 0.155. The number of nitrogens with zero attached hydrogens (tertiary/aromatic N) is 2. The van der Waals surface area contributed by atoms with Crippen LogP contribution in [0.15, 0.2) is 17.2 Å². The zero-order valence-corrected chi connectivity index (χ0v) is 13.8. The van der Waals surface area contributed by atoms with Crippen molar-refractivity contribution in [2.45, 2.75) is 18.0 Å². The molecule has 0 spiro atoms. The molecule has 0 saturated heterocycles. The summed E-state index contributed by atoms with van der Waals surface area (Å²) in [5, 5.41) is 24.0. The van der Waals surface area contributed by atoms with E-state index in [4.69, 9.17) is 0 Å². The standard InChI is InChI=1S/C7H10IN3O3S.Na/c1-5(4-8)9-6-2-3-7(11-10-6)15-14-13-12;/h2-3,5,12H,4H2,1H3,(H,9,10);/q;+1/p-1. The SMILES string of the molecule is CC(CI)Nc1ccc(SOO[O-])nn1.[Na+]. The predicted octanol–water partition coefficient (Wildman–Crippen LogP) is -2.05. The van der Waals surface area contributed by atoms with Gasteiger partial charge in [-0.25, -0.2) is 0 Å².